The number of nitriles is 1. The second-order valence-electron chi connectivity index (χ2n) is 4.60. The van der Waals surface area contributed by atoms with E-state index in [-0.39, 0.29) is 0 Å². The highest BCUT2D eigenvalue weighted by Gasteiger charge is 2.12. The van der Waals surface area contributed by atoms with Crippen LogP contribution in [0.25, 0.3) is 0 Å². The van der Waals surface area contributed by atoms with Gasteiger partial charge in [0.05, 0.1) is 11.6 Å². The Kier molecular flexibility index (Phi) is 4.30. The van der Waals surface area contributed by atoms with Crippen LogP contribution in [-0.2, 0) is 0 Å². The molecule has 0 aliphatic carbocycles. The van der Waals surface area contributed by atoms with Crippen molar-refractivity contribution in [2.45, 2.75) is 33.2 Å². The van der Waals surface area contributed by atoms with Crippen LogP contribution in [0.1, 0.15) is 32.8 Å². The first-order valence-corrected chi connectivity index (χ1v) is 5.63. The smallest absolute Gasteiger partial charge is 0.129 e. The number of hydrogen-bond acceptors (Lipinski definition) is 3. The Morgan fingerprint density at radius 2 is 2.12 bits per heavy atom. The summed E-state index contributed by atoms with van der Waals surface area (Å²) in [4.78, 5) is 6.42. The lowest BCUT2D eigenvalue weighted by atomic mass is 10.0. The maximum absolute atomic E-state index is 8.83. The van der Waals surface area contributed by atoms with Crippen molar-refractivity contribution in [2.24, 2.45) is 5.92 Å². The van der Waals surface area contributed by atoms with E-state index in [1.54, 1.807) is 12.3 Å². The summed E-state index contributed by atoms with van der Waals surface area (Å²) in [6, 6.07) is 6.12. The molecule has 0 aromatic carbocycles. The highest BCUT2D eigenvalue weighted by molar-refractivity contribution is 5.44. The number of aromatic nitrogens is 1. The molecule has 0 aliphatic rings. The summed E-state index contributed by atoms with van der Waals surface area (Å²) < 4.78 is 0. The lowest BCUT2D eigenvalue weighted by Gasteiger charge is -2.27. The average molecular weight is 217 g/mol. The van der Waals surface area contributed by atoms with Crippen LogP contribution in [0, 0.1) is 17.2 Å². The summed E-state index contributed by atoms with van der Waals surface area (Å²) in [5.41, 5.74) is 0.661. The van der Waals surface area contributed by atoms with E-state index < -0.39 is 0 Å². The van der Waals surface area contributed by atoms with Gasteiger partial charge in [0.2, 0.25) is 0 Å². The van der Waals surface area contributed by atoms with Gasteiger partial charge in [-0.05, 0) is 31.4 Å². The Labute approximate surface area is 97.7 Å². The summed E-state index contributed by atoms with van der Waals surface area (Å²) in [5.74, 6) is 1.53. The third-order valence-corrected chi connectivity index (χ3v) is 2.71. The van der Waals surface area contributed by atoms with Gasteiger partial charge in [-0.2, -0.15) is 5.26 Å². The predicted octanol–water partition coefficient (Wildman–Crippen LogP) is 2.82. The van der Waals surface area contributed by atoms with E-state index in [1.807, 2.05) is 13.1 Å². The predicted molar refractivity (Wildman–Crippen MR) is 66.3 cm³/mol. The van der Waals surface area contributed by atoms with E-state index in [2.05, 4.69) is 36.7 Å². The van der Waals surface area contributed by atoms with Crippen LogP contribution in [0.5, 0.6) is 0 Å². The van der Waals surface area contributed by atoms with Crippen LogP contribution in [0.15, 0.2) is 18.3 Å². The van der Waals surface area contributed by atoms with Gasteiger partial charge >= 0.3 is 0 Å². The minimum atomic E-state index is 0.432. The Balaban J connectivity index is 2.79. The third kappa shape index (κ3) is 3.23. The Morgan fingerprint density at radius 3 is 2.69 bits per heavy atom. The van der Waals surface area contributed by atoms with Crippen molar-refractivity contribution in [1.29, 1.82) is 5.26 Å². The molecule has 0 saturated carbocycles. The van der Waals surface area contributed by atoms with Crippen molar-refractivity contribution in [1.82, 2.24) is 4.98 Å². The molecular formula is C13H19N3. The van der Waals surface area contributed by atoms with Crippen LogP contribution in [0.2, 0.25) is 0 Å². The molecule has 0 amide bonds. The summed E-state index contributed by atoms with van der Waals surface area (Å²) in [6.45, 7) is 6.60. The van der Waals surface area contributed by atoms with Crippen LogP contribution in [0.3, 0.4) is 0 Å². The third-order valence-electron chi connectivity index (χ3n) is 2.71. The Morgan fingerprint density at radius 1 is 1.44 bits per heavy atom. The zero-order valence-electron chi connectivity index (χ0n) is 10.4. The van der Waals surface area contributed by atoms with Gasteiger partial charge in [-0.25, -0.2) is 4.98 Å². The first-order valence-electron chi connectivity index (χ1n) is 5.63. The van der Waals surface area contributed by atoms with Crippen molar-refractivity contribution in [3.63, 3.8) is 0 Å². The molecule has 0 aliphatic heterocycles. The number of nitrogens with zero attached hydrogens (tertiary/aromatic N) is 3. The lowest BCUT2D eigenvalue weighted by molar-refractivity contribution is 0.502. The molecule has 1 aromatic rings. The molecule has 3 nitrogen and oxygen atoms in total. The molecule has 1 aromatic heterocycles. The first kappa shape index (κ1) is 12.5. The Hall–Kier alpha value is -1.56. The largest absolute Gasteiger partial charge is 0.357 e. The van der Waals surface area contributed by atoms with E-state index in [9.17, 15) is 0 Å². The van der Waals surface area contributed by atoms with Crippen LogP contribution >= 0.6 is 0 Å². The van der Waals surface area contributed by atoms with Gasteiger partial charge in [0.15, 0.2) is 0 Å². The number of hydrogen-bond donors (Lipinski definition) is 0. The fourth-order valence-corrected chi connectivity index (χ4v) is 1.75. The molecule has 3 heteroatoms. The molecule has 1 unspecified atom stereocenters. The molecule has 0 spiro atoms. The monoisotopic (exact) mass is 217 g/mol. The van der Waals surface area contributed by atoms with Gasteiger partial charge in [0.1, 0.15) is 5.82 Å². The first-order chi connectivity index (χ1) is 7.54. The van der Waals surface area contributed by atoms with Crippen molar-refractivity contribution < 1.29 is 0 Å². The van der Waals surface area contributed by atoms with Gasteiger partial charge in [-0.1, -0.05) is 13.8 Å². The van der Waals surface area contributed by atoms with E-state index in [0.29, 0.717) is 17.5 Å². The topological polar surface area (TPSA) is 39.9 Å². The molecule has 0 N–H and O–H groups in total. The van der Waals surface area contributed by atoms with Gasteiger partial charge in [-0.3, -0.25) is 0 Å². The number of pyridine rings is 1. The lowest BCUT2D eigenvalue weighted by Crippen LogP contribution is -2.30. The van der Waals surface area contributed by atoms with E-state index in [1.165, 1.54) is 0 Å². The molecule has 86 valence electrons. The zero-order chi connectivity index (χ0) is 12.1. The molecule has 0 radical (unpaired) electrons. The van der Waals surface area contributed by atoms with Gasteiger partial charge in [0.25, 0.3) is 0 Å². The van der Waals surface area contributed by atoms with E-state index >= 15 is 0 Å². The standard InChI is InChI=1S/C13H19N3/c1-10(2)7-11(3)16(4)13-8-12(9-14)5-6-15-13/h5-6,8,10-11H,7H2,1-4H3. The molecule has 0 saturated heterocycles. The number of anilines is 1. The molecule has 1 atom stereocenters. The summed E-state index contributed by atoms with van der Waals surface area (Å²) in [6.07, 6.45) is 2.81. The number of rotatable bonds is 4. The minimum Gasteiger partial charge on any atom is -0.357 e. The fraction of sp³-hybridized carbons (Fsp3) is 0.538. The molecule has 1 rings (SSSR count). The summed E-state index contributed by atoms with van der Waals surface area (Å²) >= 11 is 0. The maximum atomic E-state index is 8.83. The Bertz CT molecular complexity index is 379. The molecule has 16 heavy (non-hydrogen) atoms. The zero-order valence-corrected chi connectivity index (χ0v) is 10.4. The molecular weight excluding hydrogens is 198 g/mol. The molecule has 0 fully saturated rings. The average Bonchev–Trinajstić information content (AvgIpc) is 2.27. The SMILES string of the molecule is CC(C)CC(C)N(C)c1cc(C#N)ccn1. The highest BCUT2D eigenvalue weighted by Crippen LogP contribution is 2.17. The van der Waals surface area contributed by atoms with Crippen LogP contribution in [0.4, 0.5) is 5.82 Å². The second kappa shape index (κ2) is 5.50. The summed E-state index contributed by atoms with van der Waals surface area (Å²) in [7, 11) is 2.02. The van der Waals surface area contributed by atoms with E-state index in [0.717, 1.165) is 12.2 Å². The molecule has 0 bridgehead atoms. The van der Waals surface area contributed by atoms with Crippen molar-refractivity contribution in [2.75, 3.05) is 11.9 Å². The quantitative estimate of drug-likeness (QED) is 0.778. The maximum Gasteiger partial charge on any atom is 0.129 e. The highest BCUT2D eigenvalue weighted by atomic mass is 15.2. The van der Waals surface area contributed by atoms with Crippen LogP contribution in [-0.4, -0.2) is 18.1 Å². The van der Waals surface area contributed by atoms with Crippen molar-refractivity contribution in [3.8, 4) is 6.07 Å². The second-order valence-corrected chi connectivity index (χ2v) is 4.60. The minimum absolute atomic E-state index is 0.432. The van der Waals surface area contributed by atoms with Gasteiger partial charge in [-0.15, -0.1) is 0 Å². The van der Waals surface area contributed by atoms with Crippen molar-refractivity contribution >= 4 is 5.82 Å². The van der Waals surface area contributed by atoms with Crippen molar-refractivity contribution in [3.05, 3.63) is 23.9 Å². The van der Waals surface area contributed by atoms with E-state index in [4.69, 9.17) is 5.26 Å². The molecule has 1 heterocycles. The van der Waals surface area contributed by atoms with Gasteiger partial charge in [0, 0.05) is 19.3 Å². The van der Waals surface area contributed by atoms with Crippen LogP contribution < -0.4 is 4.90 Å². The summed E-state index contributed by atoms with van der Waals surface area (Å²) in [5, 5.41) is 8.83. The van der Waals surface area contributed by atoms with Gasteiger partial charge < -0.3 is 4.90 Å². The fourth-order valence-electron chi connectivity index (χ4n) is 1.75. The normalized spacial score (nSPS) is 12.2.